The predicted molar refractivity (Wildman–Crippen MR) is 98.5 cm³/mol. The summed E-state index contributed by atoms with van der Waals surface area (Å²) in [6, 6.07) is 22.4. The van der Waals surface area contributed by atoms with Crippen molar-refractivity contribution in [3.8, 4) is 0 Å². The molecular formula is C21H20N2O2. The van der Waals surface area contributed by atoms with Crippen LogP contribution in [0.2, 0.25) is 0 Å². The fraction of sp³-hybridized carbons (Fsp3) is 0.143. The first kappa shape index (κ1) is 16.7. The molecule has 2 aromatic carbocycles. The number of carbonyl (C=O) groups excluding carboxylic acids is 1. The molecule has 0 N–H and O–H groups in total. The van der Waals surface area contributed by atoms with Gasteiger partial charge in [0, 0.05) is 31.4 Å². The number of rotatable bonds is 5. The number of benzene rings is 2. The van der Waals surface area contributed by atoms with E-state index in [2.05, 4.69) is 0 Å². The van der Waals surface area contributed by atoms with Crippen molar-refractivity contribution >= 4 is 5.91 Å². The van der Waals surface area contributed by atoms with Gasteiger partial charge in [0.2, 0.25) is 0 Å². The monoisotopic (exact) mass is 332 g/mol. The van der Waals surface area contributed by atoms with Gasteiger partial charge in [-0.25, -0.2) is 0 Å². The van der Waals surface area contributed by atoms with Gasteiger partial charge < -0.3 is 9.47 Å². The largest absolute Gasteiger partial charge is 0.337 e. The van der Waals surface area contributed by atoms with Gasteiger partial charge in [0.15, 0.2) is 0 Å². The van der Waals surface area contributed by atoms with Gasteiger partial charge >= 0.3 is 0 Å². The Bertz CT molecular complexity index is 899. The van der Waals surface area contributed by atoms with E-state index in [1.54, 1.807) is 28.8 Å². The standard InChI is InChI=1S/C21H20N2O2/c1-22(15-17-7-3-2-4-8-17)21(25)19-12-10-18(11-13-19)16-23-14-6-5-9-20(23)24/h2-14H,15-16H2,1H3. The van der Waals surface area contributed by atoms with E-state index in [1.165, 1.54) is 6.07 Å². The quantitative estimate of drug-likeness (QED) is 0.720. The summed E-state index contributed by atoms with van der Waals surface area (Å²) in [5.41, 5.74) is 2.68. The Morgan fingerprint density at radius 1 is 0.880 bits per heavy atom. The molecule has 0 unspecified atom stereocenters. The van der Waals surface area contributed by atoms with E-state index >= 15 is 0 Å². The zero-order chi connectivity index (χ0) is 17.6. The van der Waals surface area contributed by atoms with Gasteiger partial charge in [-0.2, -0.15) is 0 Å². The van der Waals surface area contributed by atoms with Crippen LogP contribution in [0, 0.1) is 0 Å². The molecule has 4 heteroatoms. The van der Waals surface area contributed by atoms with Crippen LogP contribution >= 0.6 is 0 Å². The van der Waals surface area contributed by atoms with Gasteiger partial charge in [-0.05, 0) is 29.3 Å². The Morgan fingerprint density at radius 3 is 2.24 bits per heavy atom. The van der Waals surface area contributed by atoms with Gasteiger partial charge in [0.05, 0.1) is 6.54 Å². The topological polar surface area (TPSA) is 42.3 Å². The van der Waals surface area contributed by atoms with Crippen LogP contribution < -0.4 is 5.56 Å². The molecule has 1 amide bonds. The molecule has 4 nitrogen and oxygen atoms in total. The third-order valence-corrected chi connectivity index (χ3v) is 4.06. The normalized spacial score (nSPS) is 10.4. The Hall–Kier alpha value is -3.14. The van der Waals surface area contributed by atoms with E-state index < -0.39 is 0 Å². The van der Waals surface area contributed by atoms with Gasteiger partial charge in [-0.1, -0.05) is 48.5 Å². The van der Waals surface area contributed by atoms with Gasteiger partial charge in [-0.15, -0.1) is 0 Å². The van der Waals surface area contributed by atoms with Crippen molar-refractivity contribution in [3.05, 3.63) is 106 Å². The van der Waals surface area contributed by atoms with Crippen LogP contribution in [0.4, 0.5) is 0 Å². The van der Waals surface area contributed by atoms with Crippen molar-refractivity contribution in [1.29, 1.82) is 0 Å². The summed E-state index contributed by atoms with van der Waals surface area (Å²) in [5, 5.41) is 0. The number of amides is 1. The highest BCUT2D eigenvalue weighted by Crippen LogP contribution is 2.10. The fourth-order valence-corrected chi connectivity index (χ4v) is 2.69. The lowest BCUT2D eigenvalue weighted by molar-refractivity contribution is 0.0785. The number of pyridine rings is 1. The lowest BCUT2D eigenvalue weighted by Gasteiger charge is -2.17. The molecule has 0 aliphatic rings. The highest BCUT2D eigenvalue weighted by atomic mass is 16.2. The van der Waals surface area contributed by atoms with E-state index in [0.717, 1.165) is 11.1 Å². The average molecular weight is 332 g/mol. The lowest BCUT2D eigenvalue weighted by Crippen LogP contribution is -2.26. The molecule has 0 saturated heterocycles. The summed E-state index contributed by atoms with van der Waals surface area (Å²) in [7, 11) is 1.80. The minimum absolute atomic E-state index is 0.0210. The highest BCUT2D eigenvalue weighted by molar-refractivity contribution is 5.94. The maximum absolute atomic E-state index is 12.5. The van der Waals surface area contributed by atoms with Crippen molar-refractivity contribution in [1.82, 2.24) is 9.47 Å². The second-order valence-corrected chi connectivity index (χ2v) is 6.01. The smallest absolute Gasteiger partial charge is 0.253 e. The molecule has 1 aromatic heterocycles. The second kappa shape index (κ2) is 7.62. The molecule has 3 aromatic rings. The van der Waals surface area contributed by atoms with Gasteiger partial charge in [0.25, 0.3) is 11.5 Å². The fourth-order valence-electron chi connectivity index (χ4n) is 2.69. The van der Waals surface area contributed by atoms with E-state index in [1.807, 2.05) is 60.7 Å². The van der Waals surface area contributed by atoms with Crippen LogP contribution in [0.3, 0.4) is 0 Å². The molecule has 0 aliphatic carbocycles. The highest BCUT2D eigenvalue weighted by Gasteiger charge is 2.12. The van der Waals surface area contributed by atoms with Crippen LogP contribution in [-0.2, 0) is 13.1 Å². The number of nitrogens with zero attached hydrogens (tertiary/aromatic N) is 2. The first-order valence-corrected chi connectivity index (χ1v) is 8.17. The molecule has 1 heterocycles. The molecule has 126 valence electrons. The molecule has 0 bridgehead atoms. The van der Waals surface area contributed by atoms with E-state index in [-0.39, 0.29) is 11.5 Å². The molecule has 0 atom stereocenters. The SMILES string of the molecule is CN(Cc1ccccc1)C(=O)c1ccc(Cn2ccccc2=O)cc1. The summed E-state index contributed by atoms with van der Waals surface area (Å²) in [6.45, 7) is 1.06. The number of carbonyl (C=O) groups is 1. The summed E-state index contributed by atoms with van der Waals surface area (Å²) in [6.07, 6.45) is 1.76. The molecule has 0 aliphatic heterocycles. The Morgan fingerprint density at radius 2 is 1.56 bits per heavy atom. The van der Waals surface area contributed by atoms with E-state index in [4.69, 9.17) is 0 Å². The molecule has 25 heavy (non-hydrogen) atoms. The minimum atomic E-state index is -0.0368. The molecule has 0 radical (unpaired) electrons. The van der Waals surface area contributed by atoms with Crippen LogP contribution in [0.25, 0.3) is 0 Å². The van der Waals surface area contributed by atoms with Crippen molar-refractivity contribution in [2.75, 3.05) is 7.05 Å². The zero-order valence-electron chi connectivity index (χ0n) is 14.1. The third-order valence-electron chi connectivity index (χ3n) is 4.06. The zero-order valence-corrected chi connectivity index (χ0v) is 14.1. The first-order valence-electron chi connectivity index (χ1n) is 8.17. The Kier molecular flexibility index (Phi) is 5.09. The van der Waals surface area contributed by atoms with E-state index in [9.17, 15) is 9.59 Å². The summed E-state index contributed by atoms with van der Waals surface area (Å²) >= 11 is 0. The van der Waals surface area contributed by atoms with Gasteiger partial charge in [0.1, 0.15) is 0 Å². The molecule has 0 fully saturated rings. The van der Waals surface area contributed by atoms with Gasteiger partial charge in [-0.3, -0.25) is 9.59 Å². The number of hydrogen-bond acceptors (Lipinski definition) is 2. The summed E-state index contributed by atoms with van der Waals surface area (Å²) in [4.78, 5) is 26.0. The Balaban J connectivity index is 1.68. The molecule has 0 saturated carbocycles. The maximum atomic E-state index is 12.5. The maximum Gasteiger partial charge on any atom is 0.253 e. The van der Waals surface area contributed by atoms with Crippen LogP contribution in [0.5, 0.6) is 0 Å². The van der Waals surface area contributed by atoms with Crippen LogP contribution in [-0.4, -0.2) is 22.4 Å². The second-order valence-electron chi connectivity index (χ2n) is 6.01. The number of hydrogen-bond donors (Lipinski definition) is 0. The first-order chi connectivity index (χ1) is 12.1. The van der Waals surface area contributed by atoms with Crippen molar-refractivity contribution < 1.29 is 4.79 Å². The van der Waals surface area contributed by atoms with E-state index in [0.29, 0.717) is 18.7 Å². The predicted octanol–water partition coefficient (Wildman–Crippen LogP) is 3.17. The lowest BCUT2D eigenvalue weighted by atomic mass is 10.1. The minimum Gasteiger partial charge on any atom is -0.337 e. The third kappa shape index (κ3) is 4.23. The van der Waals surface area contributed by atoms with Crippen molar-refractivity contribution in [2.24, 2.45) is 0 Å². The summed E-state index contributed by atoms with van der Waals surface area (Å²) < 4.78 is 1.64. The van der Waals surface area contributed by atoms with Crippen LogP contribution in [0.1, 0.15) is 21.5 Å². The average Bonchev–Trinajstić information content (AvgIpc) is 2.64. The Labute approximate surface area is 147 Å². The summed E-state index contributed by atoms with van der Waals surface area (Å²) in [5.74, 6) is -0.0210. The molecule has 0 spiro atoms. The van der Waals surface area contributed by atoms with Crippen molar-refractivity contribution in [2.45, 2.75) is 13.1 Å². The molecule has 3 rings (SSSR count). The van der Waals surface area contributed by atoms with Crippen molar-refractivity contribution in [3.63, 3.8) is 0 Å². The number of aromatic nitrogens is 1. The molecular weight excluding hydrogens is 312 g/mol. The van der Waals surface area contributed by atoms with Crippen LogP contribution in [0.15, 0.2) is 83.8 Å².